The molecule has 0 radical (unpaired) electrons. The number of nitrogens with zero attached hydrogens (tertiary/aromatic N) is 3. The summed E-state index contributed by atoms with van der Waals surface area (Å²) in [5.74, 6) is 1.44. The number of nitrogens with one attached hydrogen (secondary N) is 1. The number of aromatic nitrogens is 3. The van der Waals surface area contributed by atoms with Crippen molar-refractivity contribution in [1.82, 2.24) is 14.8 Å². The number of anilines is 1. The Labute approximate surface area is 181 Å². The van der Waals surface area contributed by atoms with E-state index in [1.165, 1.54) is 19.3 Å². The van der Waals surface area contributed by atoms with Crippen LogP contribution in [0.3, 0.4) is 0 Å². The maximum Gasteiger partial charge on any atom is 0.263 e. The molecule has 1 aliphatic rings. The molecule has 1 fully saturated rings. The van der Waals surface area contributed by atoms with Crippen LogP contribution in [0, 0.1) is 0 Å². The van der Waals surface area contributed by atoms with E-state index >= 15 is 0 Å². The number of halogens is 1. The molecule has 156 valence electrons. The average molecular weight is 425 g/mol. The highest BCUT2D eigenvalue weighted by Gasteiger charge is 2.20. The van der Waals surface area contributed by atoms with E-state index in [0.717, 1.165) is 29.7 Å². The molecule has 1 aromatic carbocycles. The number of carbonyl (C=O) groups is 1. The first-order valence-electron chi connectivity index (χ1n) is 10.3. The van der Waals surface area contributed by atoms with Crippen LogP contribution < -0.4 is 10.1 Å². The molecule has 1 aliphatic carbocycles. The zero-order chi connectivity index (χ0) is 20.8. The van der Waals surface area contributed by atoms with Gasteiger partial charge >= 0.3 is 0 Å². The lowest BCUT2D eigenvalue weighted by Crippen LogP contribution is -2.21. The predicted molar refractivity (Wildman–Crippen MR) is 117 cm³/mol. The molecular formula is C23H25ClN4O2. The fourth-order valence-electron chi connectivity index (χ4n) is 3.90. The first-order valence-corrected chi connectivity index (χ1v) is 10.7. The topological polar surface area (TPSA) is 69.0 Å². The number of benzene rings is 1. The molecule has 4 rings (SSSR count). The summed E-state index contributed by atoms with van der Waals surface area (Å²) < 4.78 is 7.64. The smallest absolute Gasteiger partial charge is 0.263 e. The highest BCUT2D eigenvalue weighted by molar-refractivity contribution is 6.30. The molecule has 30 heavy (non-hydrogen) atoms. The monoisotopic (exact) mass is 424 g/mol. The summed E-state index contributed by atoms with van der Waals surface area (Å²) in [7, 11) is 0. The van der Waals surface area contributed by atoms with E-state index in [2.05, 4.69) is 15.4 Å². The van der Waals surface area contributed by atoms with E-state index in [1.54, 1.807) is 23.1 Å². The fourth-order valence-corrected chi connectivity index (χ4v) is 4.08. The van der Waals surface area contributed by atoms with Crippen LogP contribution in [0.1, 0.15) is 49.1 Å². The van der Waals surface area contributed by atoms with Gasteiger partial charge in [-0.3, -0.25) is 14.5 Å². The van der Waals surface area contributed by atoms with Gasteiger partial charge in [0.1, 0.15) is 5.75 Å². The van der Waals surface area contributed by atoms with Gasteiger partial charge in [0.05, 0.1) is 6.54 Å². The maximum atomic E-state index is 12.4. The Morgan fingerprint density at radius 2 is 1.93 bits per heavy atom. The molecule has 0 aliphatic heterocycles. The third-order valence-corrected chi connectivity index (χ3v) is 5.61. The Morgan fingerprint density at radius 3 is 2.73 bits per heavy atom. The van der Waals surface area contributed by atoms with Crippen LogP contribution >= 0.6 is 11.6 Å². The van der Waals surface area contributed by atoms with Crippen LogP contribution in [0.15, 0.2) is 55.0 Å². The molecular weight excluding hydrogens is 400 g/mol. The van der Waals surface area contributed by atoms with Gasteiger partial charge in [0, 0.05) is 29.7 Å². The van der Waals surface area contributed by atoms with E-state index in [4.69, 9.17) is 16.3 Å². The number of carbonyl (C=O) groups excluding carboxylic acids is 1. The van der Waals surface area contributed by atoms with Crippen molar-refractivity contribution in [2.45, 2.75) is 44.6 Å². The molecule has 3 aromatic rings. The van der Waals surface area contributed by atoms with E-state index in [-0.39, 0.29) is 12.5 Å². The fraction of sp³-hybridized carbons (Fsp3) is 0.348. The molecule has 0 atom stereocenters. The van der Waals surface area contributed by atoms with Crippen molar-refractivity contribution in [3.05, 3.63) is 71.1 Å². The summed E-state index contributed by atoms with van der Waals surface area (Å²) in [4.78, 5) is 16.4. The Balaban J connectivity index is 1.34. The number of pyridine rings is 1. The normalized spacial score (nSPS) is 14.4. The molecule has 2 heterocycles. The van der Waals surface area contributed by atoms with Gasteiger partial charge in [-0.15, -0.1) is 0 Å². The van der Waals surface area contributed by atoms with Crippen molar-refractivity contribution < 1.29 is 9.53 Å². The lowest BCUT2D eigenvalue weighted by Gasteiger charge is -2.24. The minimum atomic E-state index is -0.242. The van der Waals surface area contributed by atoms with Gasteiger partial charge in [0.2, 0.25) is 0 Å². The second kappa shape index (κ2) is 9.76. The highest BCUT2D eigenvalue weighted by Crippen LogP contribution is 2.38. The highest BCUT2D eigenvalue weighted by atomic mass is 35.5. The molecule has 7 heteroatoms. The van der Waals surface area contributed by atoms with Crippen LogP contribution in [0.5, 0.6) is 5.75 Å². The molecule has 1 saturated carbocycles. The van der Waals surface area contributed by atoms with Gasteiger partial charge < -0.3 is 10.1 Å². The number of rotatable bonds is 7. The molecule has 0 spiro atoms. The van der Waals surface area contributed by atoms with Crippen molar-refractivity contribution in [3.8, 4) is 5.75 Å². The van der Waals surface area contributed by atoms with E-state index in [1.807, 2.05) is 36.5 Å². The summed E-state index contributed by atoms with van der Waals surface area (Å²) in [6.45, 7) is 0.545. The summed E-state index contributed by atoms with van der Waals surface area (Å²) in [6.07, 6.45) is 11.3. The van der Waals surface area contributed by atoms with Gasteiger partial charge in [-0.1, -0.05) is 30.9 Å². The minimum absolute atomic E-state index is 0.0709. The Kier molecular flexibility index (Phi) is 6.64. The van der Waals surface area contributed by atoms with E-state index in [9.17, 15) is 4.79 Å². The summed E-state index contributed by atoms with van der Waals surface area (Å²) in [5.41, 5.74) is 2.20. The summed E-state index contributed by atoms with van der Waals surface area (Å²) in [5, 5.41) is 7.89. The van der Waals surface area contributed by atoms with Crippen molar-refractivity contribution in [3.63, 3.8) is 0 Å². The number of hydrogen-bond acceptors (Lipinski definition) is 4. The molecule has 6 nitrogen and oxygen atoms in total. The van der Waals surface area contributed by atoms with Gasteiger partial charge in [-0.25, -0.2) is 0 Å². The van der Waals surface area contributed by atoms with Crippen molar-refractivity contribution in [2.75, 3.05) is 11.9 Å². The molecule has 0 unspecified atom stereocenters. The van der Waals surface area contributed by atoms with Gasteiger partial charge in [-0.05, 0) is 60.2 Å². The molecule has 0 bridgehead atoms. The van der Waals surface area contributed by atoms with Gasteiger partial charge in [-0.2, -0.15) is 5.10 Å². The van der Waals surface area contributed by atoms with Gasteiger partial charge in [0.25, 0.3) is 5.91 Å². The first kappa shape index (κ1) is 20.4. The molecule has 2 aromatic heterocycles. The standard InChI is InChI=1S/C23H25ClN4O2/c24-19-6-7-21(20(14-19)18-4-2-1-3-5-18)30-16-23(29)26-22-10-13-28(27-22)15-17-8-11-25-12-9-17/h6-14,18H,1-5,15-16H2,(H,26,27,29). The lowest BCUT2D eigenvalue weighted by atomic mass is 9.84. The zero-order valence-corrected chi connectivity index (χ0v) is 17.5. The number of ether oxygens (including phenoxy) is 1. The molecule has 0 saturated heterocycles. The second-order valence-electron chi connectivity index (χ2n) is 7.61. The largest absolute Gasteiger partial charge is 0.483 e. The lowest BCUT2D eigenvalue weighted by molar-refractivity contribution is -0.118. The molecule has 1 amide bonds. The van der Waals surface area contributed by atoms with Crippen molar-refractivity contribution >= 4 is 23.3 Å². The van der Waals surface area contributed by atoms with Crippen LogP contribution in [-0.2, 0) is 11.3 Å². The van der Waals surface area contributed by atoms with Crippen LogP contribution in [0.25, 0.3) is 0 Å². The Bertz CT molecular complexity index is 984. The summed E-state index contributed by atoms with van der Waals surface area (Å²) in [6, 6.07) is 11.3. The third kappa shape index (κ3) is 5.39. The van der Waals surface area contributed by atoms with Crippen LogP contribution in [0.4, 0.5) is 5.82 Å². The second-order valence-corrected chi connectivity index (χ2v) is 8.04. The zero-order valence-electron chi connectivity index (χ0n) is 16.8. The minimum Gasteiger partial charge on any atom is -0.483 e. The first-order chi connectivity index (χ1) is 14.7. The Morgan fingerprint density at radius 1 is 1.13 bits per heavy atom. The van der Waals surface area contributed by atoms with E-state index < -0.39 is 0 Å². The number of hydrogen-bond donors (Lipinski definition) is 1. The summed E-state index contributed by atoms with van der Waals surface area (Å²) >= 11 is 6.22. The quantitative estimate of drug-likeness (QED) is 0.576. The van der Waals surface area contributed by atoms with E-state index in [0.29, 0.717) is 23.3 Å². The predicted octanol–water partition coefficient (Wildman–Crippen LogP) is 5.05. The molecule has 1 N–H and O–H groups in total. The SMILES string of the molecule is O=C(COc1ccc(Cl)cc1C1CCCCC1)Nc1ccn(Cc2ccncc2)n1. The van der Waals surface area contributed by atoms with Crippen LogP contribution in [-0.4, -0.2) is 27.3 Å². The maximum absolute atomic E-state index is 12.4. The average Bonchev–Trinajstić information content (AvgIpc) is 3.20. The Hall–Kier alpha value is -2.86. The van der Waals surface area contributed by atoms with Crippen molar-refractivity contribution in [1.29, 1.82) is 0 Å². The third-order valence-electron chi connectivity index (χ3n) is 5.38. The van der Waals surface area contributed by atoms with Crippen LogP contribution in [0.2, 0.25) is 5.02 Å². The number of amides is 1. The van der Waals surface area contributed by atoms with Gasteiger partial charge in [0.15, 0.2) is 12.4 Å². The van der Waals surface area contributed by atoms with Crippen molar-refractivity contribution in [2.24, 2.45) is 0 Å².